The van der Waals surface area contributed by atoms with Crippen LogP contribution >= 0.6 is 11.6 Å². The zero-order valence-electron chi connectivity index (χ0n) is 16.9. The van der Waals surface area contributed by atoms with Crippen molar-refractivity contribution in [3.05, 3.63) is 59.7 Å². The van der Waals surface area contributed by atoms with Crippen molar-refractivity contribution in [2.75, 3.05) is 32.1 Å². The normalized spacial score (nSPS) is 21.3. The second kappa shape index (κ2) is 8.13. The van der Waals surface area contributed by atoms with Crippen LogP contribution in [0.2, 0.25) is 0 Å². The lowest BCUT2D eigenvalue weighted by atomic mass is 9.83. The summed E-state index contributed by atoms with van der Waals surface area (Å²) in [5.41, 5.74) is 1.02. The average Bonchev–Trinajstić information content (AvgIpc) is 2.73. The van der Waals surface area contributed by atoms with Crippen molar-refractivity contribution < 1.29 is 8.42 Å². The minimum absolute atomic E-state index is 0.321. The molecule has 1 aliphatic carbocycles. The Kier molecular flexibility index (Phi) is 5.74. The van der Waals surface area contributed by atoms with Crippen molar-refractivity contribution in [3.63, 3.8) is 0 Å². The fraction of sp³-hybridized carbons (Fsp3) is 0.391. The Morgan fingerprint density at radius 3 is 2.41 bits per heavy atom. The molecule has 1 unspecified atom stereocenters. The molecule has 1 atom stereocenters. The molecule has 4 rings (SSSR count). The second-order valence-electron chi connectivity index (χ2n) is 8.09. The van der Waals surface area contributed by atoms with E-state index in [4.69, 9.17) is 11.6 Å². The molecule has 1 fully saturated rings. The van der Waals surface area contributed by atoms with Gasteiger partial charge in [-0.2, -0.15) is 4.31 Å². The molecule has 0 saturated carbocycles. The number of hydrogen-bond acceptors (Lipinski definition) is 3. The van der Waals surface area contributed by atoms with Crippen LogP contribution in [0.1, 0.15) is 19.3 Å². The van der Waals surface area contributed by atoms with Gasteiger partial charge in [0.15, 0.2) is 0 Å². The first-order valence-electron chi connectivity index (χ1n) is 10.1. The summed E-state index contributed by atoms with van der Waals surface area (Å²) in [5, 5.41) is 2.63. The molecule has 4 nitrogen and oxygen atoms in total. The zero-order valence-corrected chi connectivity index (χ0v) is 18.5. The van der Waals surface area contributed by atoms with E-state index in [9.17, 15) is 8.42 Å². The van der Waals surface area contributed by atoms with Gasteiger partial charge in [-0.05, 0) is 36.8 Å². The van der Waals surface area contributed by atoms with Gasteiger partial charge in [0.05, 0.1) is 4.90 Å². The Bertz CT molecular complexity index is 1070. The summed E-state index contributed by atoms with van der Waals surface area (Å²) in [7, 11) is 0.406. The smallest absolute Gasteiger partial charge is 0.243 e. The molecule has 154 valence electrons. The summed E-state index contributed by atoms with van der Waals surface area (Å²) in [6, 6.07) is 11.4. The Morgan fingerprint density at radius 1 is 1.03 bits per heavy atom. The third kappa shape index (κ3) is 3.96. The van der Waals surface area contributed by atoms with E-state index < -0.39 is 10.0 Å². The molecule has 0 amide bonds. The number of anilines is 1. The minimum Gasteiger partial charge on any atom is -0.377 e. The van der Waals surface area contributed by atoms with Crippen LogP contribution in [-0.4, -0.2) is 39.9 Å². The molecular formula is C23H27ClN2O2S. The zero-order chi connectivity index (χ0) is 20.6. The average molecular weight is 431 g/mol. The monoisotopic (exact) mass is 430 g/mol. The SMILES string of the molecule is CN(C)c1cccc2c(S(=O)(=O)N3CCC(C4C=CCC(Cl)=C4)CC3)cccc12. The van der Waals surface area contributed by atoms with E-state index in [1.807, 2.05) is 49.3 Å². The van der Waals surface area contributed by atoms with Crippen LogP contribution in [-0.2, 0) is 10.0 Å². The topological polar surface area (TPSA) is 40.6 Å². The Hall–Kier alpha value is -1.82. The molecule has 1 heterocycles. The van der Waals surface area contributed by atoms with Crippen LogP contribution in [0, 0.1) is 11.8 Å². The number of fused-ring (bicyclic) bond motifs is 1. The van der Waals surface area contributed by atoms with E-state index in [1.165, 1.54) is 0 Å². The summed E-state index contributed by atoms with van der Waals surface area (Å²) in [6.45, 7) is 1.10. The van der Waals surface area contributed by atoms with E-state index in [-0.39, 0.29) is 0 Å². The van der Waals surface area contributed by atoms with Gasteiger partial charge >= 0.3 is 0 Å². The highest BCUT2D eigenvalue weighted by molar-refractivity contribution is 7.89. The molecule has 0 radical (unpaired) electrons. The maximum absolute atomic E-state index is 13.5. The molecule has 1 saturated heterocycles. The molecule has 2 aromatic carbocycles. The molecule has 2 aliphatic rings. The molecule has 0 N–H and O–H groups in total. The van der Waals surface area contributed by atoms with Crippen molar-refractivity contribution in [2.24, 2.45) is 11.8 Å². The lowest BCUT2D eigenvalue weighted by Crippen LogP contribution is -2.39. The predicted octanol–water partition coefficient (Wildman–Crippen LogP) is 5.01. The molecule has 0 spiro atoms. The first kappa shape index (κ1) is 20.5. The lowest BCUT2D eigenvalue weighted by molar-refractivity contribution is 0.250. The Morgan fingerprint density at radius 2 is 1.72 bits per heavy atom. The molecule has 6 heteroatoms. The van der Waals surface area contributed by atoms with Gasteiger partial charge in [0.2, 0.25) is 10.0 Å². The molecule has 29 heavy (non-hydrogen) atoms. The fourth-order valence-electron chi connectivity index (χ4n) is 4.48. The highest BCUT2D eigenvalue weighted by Crippen LogP contribution is 2.35. The summed E-state index contributed by atoms with van der Waals surface area (Å²) >= 11 is 6.20. The fourth-order valence-corrected chi connectivity index (χ4v) is 6.39. The Labute approximate surface area is 178 Å². The second-order valence-corrected chi connectivity index (χ2v) is 10.5. The van der Waals surface area contributed by atoms with Crippen molar-refractivity contribution in [3.8, 4) is 0 Å². The van der Waals surface area contributed by atoms with Gasteiger partial charge in [-0.15, -0.1) is 0 Å². The quantitative estimate of drug-likeness (QED) is 0.640. The number of halogens is 1. The number of hydrogen-bond donors (Lipinski definition) is 0. The van der Waals surface area contributed by atoms with Gasteiger partial charge in [-0.25, -0.2) is 8.42 Å². The largest absolute Gasteiger partial charge is 0.377 e. The van der Waals surface area contributed by atoms with Crippen LogP contribution < -0.4 is 4.90 Å². The summed E-state index contributed by atoms with van der Waals surface area (Å²) < 4.78 is 28.6. The minimum atomic E-state index is -3.54. The standard InChI is InChI=1S/C23H27ClN2O2S/c1-25(2)22-10-4-9-21-20(22)8-5-11-23(21)29(27,28)26-14-12-17(13-15-26)18-6-3-7-19(24)16-18/h3-6,8-11,16-18H,7,12-15H2,1-2H3. The van der Waals surface area contributed by atoms with Gasteiger partial charge < -0.3 is 4.90 Å². The number of benzene rings is 2. The summed E-state index contributed by atoms with van der Waals surface area (Å²) in [6.07, 6.45) is 8.97. The van der Waals surface area contributed by atoms with Gasteiger partial charge in [-0.3, -0.25) is 0 Å². The number of allylic oxidation sites excluding steroid dienone is 4. The van der Waals surface area contributed by atoms with E-state index >= 15 is 0 Å². The van der Waals surface area contributed by atoms with Crippen LogP contribution in [0.15, 0.2) is 64.6 Å². The van der Waals surface area contributed by atoms with E-state index in [1.54, 1.807) is 10.4 Å². The van der Waals surface area contributed by atoms with Crippen LogP contribution in [0.3, 0.4) is 0 Å². The number of sulfonamides is 1. The van der Waals surface area contributed by atoms with E-state index in [0.717, 1.165) is 40.8 Å². The van der Waals surface area contributed by atoms with Gasteiger partial charge in [-0.1, -0.05) is 54.1 Å². The van der Waals surface area contributed by atoms with Gasteiger partial charge in [0.1, 0.15) is 0 Å². The molecule has 2 aromatic rings. The van der Waals surface area contributed by atoms with Crippen LogP contribution in [0.25, 0.3) is 10.8 Å². The highest BCUT2D eigenvalue weighted by atomic mass is 35.5. The maximum Gasteiger partial charge on any atom is 0.243 e. The maximum atomic E-state index is 13.5. The van der Waals surface area contributed by atoms with E-state index in [2.05, 4.69) is 18.2 Å². The highest BCUT2D eigenvalue weighted by Gasteiger charge is 2.32. The first-order valence-corrected chi connectivity index (χ1v) is 11.9. The van der Waals surface area contributed by atoms with Gasteiger partial charge in [0, 0.05) is 55.1 Å². The summed E-state index contributed by atoms with van der Waals surface area (Å²) in [5.74, 6) is 0.765. The van der Waals surface area contributed by atoms with Crippen molar-refractivity contribution in [1.29, 1.82) is 0 Å². The van der Waals surface area contributed by atoms with Crippen molar-refractivity contribution in [1.82, 2.24) is 4.31 Å². The lowest BCUT2D eigenvalue weighted by Gasteiger charge is -2.34. The first-order chi connectivity index (χ1) is 13.9. The molecule has 0 aromatic heterocycles. The van der Waals surface area contributed by atoms with Crippen molar-refractivity contribution >= 4 is 38.1 Å². The van der Waals surface area contributed by atoms with Crippen molar-refractivity contribution in [2.45, 2.75) is 24.2 Å². The number of piperidine rings is 1. The summed E-state index contributed by atoms with van der Waals surface area (Å²) in [4.78, 5) is 2.42. The third-order valence-corrected chi connectivity index (χ3v) is 8.28. The third-order valence-electron chi connectivity index (χ3n) is 6.05. The van der Waals surface area contributed by atoms with Crippen LogP contribution in [0.4, 0.5) is 5.69 Å². The van der Waals surface area contributed by atoms with E-state index in [0.29, 0.717) is 29.8 Å². The van der Waals surface area contributed by atoms with Gasteiger partial charge in [0.25, 0.3) is 0 Å². The van der Waals surface area contributed by atoms with Crippen LogP contribution in [0.5, 0.6) is 0 Å². The molecule has 1 aliphatic heterocycles. The number of rotatable bonds is 4. The number of nitrogens with zero attached hydrogens (tertiary/aromatic N) is 2. The molecular weight excluding hydrogens is 404 g/mol. The Balaban J connectivity index is 1.59. The predicted molar refractivity (Wildman–Crippen MR) is 121 cm³/mol. The molecule has 0 bridgehead atoms.